The Kier molecular flexibility index (Phi) is 9.30. The molecule has 34 heavy (non-hydrogen) atoms. The highest BCUT2D eigenvalue weighted by molar-refractivity contribution is 7.92. The van der Waals surface area contributed by atoms with Gasteiger partial charge in [-0.2, -0.15) is 0 Å². The normalized spacial score (nSPS) is 11.8. The van der Waals surface area contributed by atoms with Crippen molar-refractivity contribution in [3.8, 4) is 11.5 Å². The van der Waals surface area contributed by atoms with Crippen LogP contribution in [0.25, 0.3) is 0 Å². The van der Waals surface area contributed by atoms with Gasteiger partial charge >= 0.3 is 0 Å². The first-order valence-electron chi connectivity index (χ1n) is 10.5. The maximum Gasteiger partial charge on any atom is 0.240 e. The molecule has 0 unspecified atom stereocenters. The van der Waals surface area contributed by atoms with E-state index in [1.807, 2.05) is 0 Å². The molecule has 0 aliphatic carbocycles. The third-order valence-corrected chi connectivity index (χ3v) is 7.50. The standard InChI is InChI=1S/C22H31N3O7S2/c1-16(2)24-34(29,30)17-12-13-20(31-3)18(15-17)23-22(26)11-8-14-25(33(5,27)28)19-9-6-7-10-21(19)32-4/h6-7,9-10,12-13,15-16,24H,8,11,14H2,1-5H3,(H,23,26). The number of para-hydroxylation sites is 2. The molecule has 0 spiro atoms. The molecule has 12 heteroatoms. The highest BCUT2D eigenvalue weighted by Crippen LogP contribution is 2.30. The molecule has 0 saturated heterocycles. The van der Waals surface area contributed by atoms with Gasteiger partial charge in [0.1, 0.15) is 11.5 Å². The fourth-order valence-corrected chi connectivity index (χ4v) is 5.47. The molecule has 0 aliphatic heterocycles. The summed E-state index contributed by atoms with van der Waals surface area (Å²) in [4.78, 5) is 12.6. The van der Waals surface area contributed by atoms with Crippen molar-refractivity contribution in [2.45, 2.75) is 37.6 Å². The van der Waals surface area contributed by atoms with Crippen LogP contribution in [0.1, 0.15) is 26.7 Å². The topological polar surface area (TPSA) is 131 Å². The Morgan fingerprint density at radius 2 is 1.65 bits per heavy atom. The Bertz CT molecular complexity index is 1210. The van der Waals surface area contributed by atoms with E-state index in [2.05, 4.69) is 10.0 Å². The molecule has 2 aromatic rings. The summed E-state index contributed by atoms with van der Waals surface area (Å²) in [6.07, 6.45) is 1.29. The molecular formula is C22H31N3O7S2. The van der Waals surface area contributed by atoms with Gasteiger partial charge in [-0.1, -0.05) is 12.1 Å². The van der Waals surface area contributed by atoms with Gasteiger partial charge in [0.15, 0.2) is 0 Å². The zero-order valence-electron chi connectivity index (χ0n) is 19.9. The first-order valence-corrected chi connectivity index (χ1v) is 13.8. The number of amides is 1. The summed E-state index contributed by atoms with van der Waals surface area (Å²) in [5, 5.41) is 2.65. The molecule has 2 rings (SSSR count). The van der Waals surface area contributed by atoms with Crippen LogP contribution >= 0.6 is 0 Å². The van der Waals surface area contributed by atoms with E-state index in [0.717, 1.165) is 6.26 Å². The number of sulfonamides is 2. The second kappa shape index (κ2) is 11.5. The van der Waals surface area contributed by atoms with Crippen molar-refractivity contribution in [3.63, 3.8) is 0 Å². The van der Waals surface area contributed by atoms with Crippen LogP contribution in [-0.4, -0.2) is 55.8 Å². The van der Waals surface area contributed by atoms with E-state index in [1.165, 1.54) is 36.7 Å². The number of rotatable bonds is 12. The van der Waals surface area contributed by atoms with Gasteiger partial charge < -0.3 is 14.8 Å². The molecule has 0 saturated carbocycles. The molecule has 0 radical (unpaired) electrons. The summed E-state index contributed by atoms with van der Waals surface area (Å²) in [6.45, 7) is 3.46. The fraction of sp³-hybridized carbons (Fsp3) is 0.409. The molecule has 0 fully saturated rings. The Morgan fingerprint density at radius 3 is 2.24 bits per heavy atom. The number of ether oxygens (including phenoxy) is 2. The van der Waals surface area contributed by atoms with Crippen molar-refractivity contribution in [1.82, 2.24) is 4.72 Å². The number of hydrogen-bond acceptors (Lipinski definition) is 7. The molecule has 2 aromatic carbocycles. The quantitative estimate of drug-likeness (QED) is 0.446. The Hall–Kier alpha value is -2.83. The van der Waals surface area contributed by atoms with Gasteiger partial charge in [-0.25, -0.2) is 21.6 Å². The summed E-state index contributed by atoms with van der Waals surface area (Å²) < 4.78 is 63.8. The number of anilines is 2. The second-order valence-electron chi connectivity index (χ2n) is 7.80. The molecule has 1 amide bonds. The average Bonchev–Trinajstić information content (AvgIpc) is 2.75. The van der Waals surface area contributed by atoms with E-state index >= 15 is 0 Å². The zero-order valence-corrected chi connectivity index (χ0v) is 21.5. The molecule has 0 heterocycles. The van der Waals surface area contributed by atoms with Gasteiger partial charge in [-0.3, -0.25) is 9.10 Å². The first-order chi connectivity index (χ1) is 15.9. The number of hydrogen-bond donors (Lipinski definition) is 2. The molecule has 0 atom stereocenters. The van der Waals surface area contributed by atoms with Crippen molar-refractivity contribution in [3.05, 3.63) is 42.5 Å². The van der Waals surface area contributed by atoms with Crippen molar-refractivity contribution < 1.29 is 31.1 Å². The van der Waals surface area contributed by atoms with Crippen LogP contribution in [0.5, 0.6) is 11.5 Å². The highest BCUT2D eigenvalue weighted by Gasteiger charge is 2.22. The Balaban J connectivity index is 2.14. The van der Waals surface area contributed by atoms with Gasteiger partial charge in [0, 0.05) is 19.0 Å². The average molecular weight is 514 g/mol. The maximum absolute atomic E-state index is 12.6. The van der Waals surface area contributed by atoms with E-state index in [-0.39, 0.29) is 36.0 Å². The van der Waals surface area contributed by atoms with Gasteiger partial charge in [0.2, 0.25) is 26.0 Å². The lowest BCUT2D eigenvalue weighted by atomic mass is 10.2. The fourth-order valence-electron chi connectivity index (χ4n) is 3.23. The van der Waals surface area contributed by atoms with Crippen LogP contribution in [0.4, 0.5) is 11.4 Å². The molecule has 10 nitrogen and oxygen atoms in total. The lowest BCUT2D eigenvalue weighted by Crippen LogP contribution is -2.31. The highest BCUT2D eigenvalue weighted by atomic mass is 32.2. The van der Waals surface area contributed by atoms with E-state index in [9.17, 15) is 21.6 Å². The van der Waals surface area contributed by atoms with Crippen LogP contribution in [0.2, 0.25) is 0 Å². The third-order valence-electron chi connectivity index (χ3n) is 4.67. The summed E-state index contributed by atoms with van der Waals surface area (Å²) in [5.74, 6) is 0.275. The van der Waals surface area contributed by atoms with E-state index in [1.54, 1.807) is 38.1 Å². The van der Waals surface area contributed by atoms with Gasteiger partial charge in [0.25, 0.3) is 0 Å². The summed E-state index contributed by atoms with van der Waals surface area (Å²) in [6, 6.07) is 10.6. The van der Waals surface area contributed by atoms with Crippen molar-refractivity contribution in [1.29, 1.82) is 0 Å². The number of benzene rings is 2. The van der Waals surface area contributed by atoms with Crippen LogP contribution in [-0.2, 0) is 24.8 Å². The zero-order chi connectivity index (χ0) is 25.5. The van der Waals surface area contributed by atoms with Crippen LogP contribution < -0.4 is 23.8 Å². The predicted molar refractivity (Wildman–Crippen MR) is 131 cm³/mol. The van der Waals surface area contributed by atoms with Gasteiger partial charge in [-0.05, 0) is 50.6 Å². The van der Waals surface area contributed by atoms with E-state index in [0.29, 0.717) is 17.2 Å². The van der Waals surface area contributed by atoms with Crippen molar-refractivity contribution in [2.75, 3.05) is 36.6 Å². The molecule has 0 aromatic heterocycles. The minimum atomic E-state index is -3.77. The van der Waals surface area contributed by atoms with Crippen LogP contribution in [0.15, 0.2) is 47.4 Å². The summed E-state index contributed by atoms with van der Waals surface area (Å²) >= 11 is 0. The van der Waals surface area contributed by atoms with Crippen LogP contribution in [0, 0.1) is 0 Å². The minimum absolute atomic E-state index is 0.00839. The molecular weight excluding hydrogens is 482 g/mol. The molecule has 0 aliphatic rings. The lowest BCUT2D eigenvalue weighted by Gasteiger charge is -2.24. The van der Waals surface area contributed by atoms with Crippen molar-refractivity contribution in [2.24, 2.45) is 0 Å². The number of methoxy groups -OCH3 is 2. The number of nitrogens with one attached hydrogen (secondary N) is 2. The Morgan fingerprint density at radius 1 is 1.00 bits per heavy atom. The van der Waals surface area contributed by atoms with Gasteiger partial charge in [-0.15, -0.1) is 0 Å². The molecule has 0 bridgehead atoms. The Labute approximate surface area is 201 Å². The summed E-state index contributed by atoms with van der Waals surface area (Å²) in [5.41, 5.74) is 0.578. The predicted octanol–water partition coefficient (Wildman–Crippen LogP) is 2.58. The second-order valence-corrected chi connectivity index (χ2v) is 11.4. The van der Waals surface area contributed by atoms with Gasteiger partial charge in [0.05, 0.1) is 36.7 Å². The smallest absolute Gasteiger partial charge is 0.240 e. The van der Waals surface area contributed by atoms with Crippen LogP contribution in [0.3, 0.4) is 0 Å². The largest absolute Gasteiger partial charge is 0.495 e. The number of nitrogens with zero attached hydrogens (tertiary/aromatic N) is 1. The third kappa shape index (κ3) is 7.34. The maximum atomic E-state index is 12.6. The molecule has 2 N–H and O–H groups in total. The van der Waals surface area contributed by atoms with E-state index in [4.69, 9.17) is 9.47 Å². The number of carbonyl (C=O) groups is 1. The first kappa shape index (κ1) is 27.4. The molecule has 188 valence electrons. The van der Waals surface area contributed by atoms with E-state index < -0.39 is 26.0 Å². The minimum Gasteiger partial charge on any atom is -0.495 e. The lowest BCUT2D eigenvalue weighted by molar-refractivity contribution is -0.116. The number of carbonyl (C=O) groups excluding carboxylic acids is 1. The monoisotopic (exact) mass is 513 g/mol. The SMILES string of the molecule is COc1ccc(S(=O)(=O)NC(C)C)cc1NC(=O)CCCN(c1ccccc1OC)S(C)(=O)=O. The summed E-state index contributed by atoms with van der Waals surface area (Å²) in [7, 11) is -4.53. The van der Waals surface area contributed by atoms with Crippen molar-refractivity contribution >= 4 is 37.3 Å².